The lowest BCUT2D eigenvalue weighted by molar-refractivity contribution is -0.130. The van der Waals surface area contributed by atoms with Gasteiger partial charge in [-0.3, -0.25) is 9.59 Å². The van der Waals surface area contributed by atoms with Crippen LogP contribution in [-0.4, -0.2) is 37.0 Å². The quantitative estimate of drug-likeness (QED) is 0.747. The van der Waals surface area contributed by atoms with Gasteiger partial charge in [-0.1, -0.05) is 11.6 Å². The number of halogens is 2. The molecule has 2 rings (SSSR count). The van der Waals surface area contributed by atoms with E-state index in [1.54, 1.807) is 6.92 Å². The Hall–Kier alpha value is -2.19. The highest BCUT2D eigenvalue weighted by Gasteiger charge is 2.21. The normalized spacial score (nSPS) is 11.8. The molecule has 1 heterocycles. The maximum absolute atomic E-state index is 13.2. The van der Waals surface area contributed by atoms with Gasteiger partial charge in [-0.15, -0.1) is 11.3 Å². The van der Waals surface area contributed by atoms with E-state index in [0.717, 1.165) is 11.3 Å². The third-order valence-corrected chi connectivity index (χ3v) is 4.87. The van der Waals surface area contributed by atoms with Crippen molar-refractivity contribution in [3.05, 3.63) is 33.9 Å². The number of carbonyl (C=O) groups excluding carboxylic acids is 3. The predicted octanol–water partition coefficient (Wildman–Crippen LogP) is 2.49. The minimum absolute atomic E-state index is 0.0897. The third kappa shape index (κ3) is 4.67. The van der Waals surface area contributed by atoms with Crippen molar-refractivity contribution >= 4 is 50.8 Å². The maximum atomic E-state index is 13.2. The SMILES string of the molecule is CCNC(=O)[C@H](C)NC(=O)COC(=O)c1sc2cc(F)ccc2c1Cl. The summed E-state index contributed by atoms with van der Waals surface area (Å²) >= 11 is 7.09. The number of rotatable bonds is 6. The number of esters is 1. The minimum atomic E-state index is -0.785. The number of likely N-dealkylation sites (N-methyl/N-ethyl adjacent to an activating group) is 1. The molecule has 1 aromatic carbocycles. The predicted molar refractivity (Wildman–Crippen MR) is 93.4 cm³/mol. The lowest BCUT2D eigenvalue weighted by Crippen LogP contribution is -2.46. The zero-order valence-electron chi connectivity index (χ0n) is 13.5. The van der Waals surface area contributed by atoms with E-state index in [1.165, 1.54) is 25.1 Å². The van der Waals surface area contributed by atoms with Gasteiger partial charge in [0.2, 0.25) is 5.91 Å². The molecule has 1 atom stereocenters. The summed E-state index contributed by atoms with van der Waals surface area (Å²) < 4.78 is 18.7. The Kier molecular flexibility index (Phi) is 6.33. The van der Waals surface area contributed by atoms with E-state index in [0.29, 0.717) is 16.6 Å². The first-order valence-electron chi connectivity index (χ1n) is 7.45. The van der Waals surface area contributed by atoms with Crippen molar-refractivity contribution in [3.8, 4) is 0 Å². The van der Waals surface area contributed by atoms with E-state index in [9.17, 15) is 18.8 Å². The van der Waals surface area contributed by atoms with E-state index >= 15 is 0 Å². The summed E-state index contributed by atoms with van der Waals surface area (Å²) in [7, 11) is 0. The second-order valence-electron chi connectivity index (χ2n) is 5.15. The number of benzene rings is 1. The smallest absolute Gasteiger partial charge is 0.350 e. The van der Waals surface area contributed by atoms with Crippen LogP contribution in [0.5, 0.6) is 0 Å². The number of thiophene rings is 1. The molecule has 0 aliphatic heterocycles. The molecule has 1 aromatic heterocycles. The summed E-state index contributed by atoms with van der Waals surface area (Å²) in [5.74, 6) is -2.18. The van der Waals surface area contributed by atoms with Gasteiger partial charge in [0.05, 0.1) is 5.02 Å². The summed E-state index contributed by atoms with van der Waals surface area (Å²) in [5.41, 5.74) is 0. The summed E-state index contributed by atoms with van der Waals surface area (Å²) in [6.45, 7) is 3.16. The van der Waals surface area contributed by atoms with Crippen molar-refractivity contribution < 1.29 is 23.5 Å². The molecule has 2 aromatic rings. The Bertz CT molecular complexity index is 824. The second-order valence-corrected chi connectivity index (χ2v) is 6.58. The largest absolute Gasteiger partial charge is 0.451 e. The second kappa shape index (κ2) is 8.26. The summed E-state index contributed by atoms with van der Waals surface area (Å²) in [6, 6.07) is 3.23. The number of ether oxygens (including phenoxy) is 1. The van der Waals surface area contributed by atoms with Crippen LogP contribution in [0.25, 0.3) is 10.1 Å². The van der Waals surface area contributed by atoms with Crippen LogP contribution in [-0.2, 0) is 14.3 Å². The number of hydrogen-bond donors (Lipinski definition) is 2. The number of nitrogens with one attached hydrogen (secondary N) is 2. The molecule has 25 heavy (non-hydrogen) atoms. The van der Waals surface area contributed by atoms with Crippen LogP contribution in [0.4, 0.5) is 4.39 Å². The lowest BCUT2D eigenvalue weighted by atomic mass is 10.2. The third-order valence-electron chi connectivity index (χ3n) is 3.23. The molecule has 0 saturated carbocycles. The van der Waals surface area contributed by atoms with Gasteiger partial charge in [-0.2, -0.15) is 0 Å². The minimum Gasteiger partial charge on any atom is -0.451 e. The molecule has 6 nitrogen and oxygen atoms in total. The highest BCUT2D eigenvalue weighted by atomic mass is 35.5. The fourth-order valence-corrected chi connectivity index (χ4v) is 3.47. The van der Waals surface area contributed by atoms with E-state index in [1.807, 2.05) is 0 Å². The molecule has 2 N–H and O–H groups in total. The van der Waals surface area contributed by atoms with Gasteiger partial charge >= 0.3 is 5.97 Å². The van der Waals surface area contributed by atoms with Crippen LogP contribution in [0.1, 0.15) is 23.5 Å². The number of fused-ring (bicyclic) bond motifs is 1. The van der Waals surface area contributed by atoms with Crippen molar-refractivity contribution in [2.24, 2.45) is 0 Å². The zero-order valence-corrected chi connectivity index (χ0v) is 15.1. The fraction of sp³-hybridized carbons (Fsp3) is 0.312. The van der Waals surface area contributed by atoms with Gasteiger partial charge in [0.15, 0.2) is 6.61 Å². The van der Waals surface area contributed by atoms with Gasteiger partial charge in [0.25, 0.3) is 5.91 Å². The molecular formula is C16H16ClFN2O4S. The van der Waals surface area contributed by atoms with Crippen molar-refractivity contribution in [1.82, 2.24) is 10.6 Å². The number of hydrogen-bond acceptors (Lipinski definition) is 5. The first-order chi connectivity index (χ1) is 11.8. The van der Waals surface area contributed by atoms with Gasteiger partial charge in [0.1, 0.15) is 16.7 Å². The summed E-state index contributed by atoms with van der Waals surface area (Å²) in [6.07, 6.45) is 0. The molecule has 9 heteroatoms. The molecule has 0 bridgehead atoms. The molecule has 2 amide bonds. The molecular weight excluding hydrogens is 371 g/mol. The lowest BCUT2D eigenvalue weighted by Gasteiger charge is -2.13. The maximum Gasteiger partial charge on any atom is 0.350 e. The highest BCUT2D eigenvalue weighted by molar-refractivity contribution is 7.21. The van der Waals surface area contributed by atoms with Gasteiger partial charge in [0, 0.05) is 16.6 Å². The molecule has 134 valence electrons. The van der Waals surface area contributed by atoms with E-state index < -0.39 is 30.3 Å². The highest BCUT2D eigenvalue weighted by Crippen LogP contribution is 2.36. The Morgan fingerprint density at radius 2 is 2.08 bits per heavy atom. The van der Waals surface area contributed by atoms with Crippen LogP contribution < -0.4 is 10.6 Å². The van der Waals surface area contributed by atoms with Crippen LogP contribution in [0.15, 0.2) is 18.2 Å². The van der Waals surface area contributed by atoms with E-state index in [4.69, 9.17) is 16.3 Å². The molecule has 0 unspecified atom stereocenters. The van der Waals surface area contributed by atoms with Crippen molar-refractivity contribution in [1.29, 1.82) is 0 Å². The van der Waals surface area contributed by atoms with Gasteiger partial charge in [-0.05, 0) is 32.0 Å². The van der Waals surface area contributed by atoms with Crippen LogP contribution in [0.2, 0.25) is 5.02 Å². The van der Waals surface area contributed by atoms with Crippen molar-refractivity contribution in [3.63, 3.8) is 0 Å². The molecule has 0 radical (unpaired) electrons. The van der Waals surface area contributed by atoms with Crippen molar-refractivity contribution in [2.45, 2.75) is 19.9 Å². The topological polar surface area (TPSA) is 84.5 Å². The van der Waals surface area contributed by atoms with E-state index in [-0.39, 0.29) is 15.8 Å². The molecule has 0 spiro atoms. The Labute approximate surface area is 152 Å². The number of amides is 2. The van der Waals surface area contributed by atoms with Gasteiger partial charge < -0.3 is 15.4 Å². The molecule has 0 saturated heterocycles. The Balaban J connectivity index is 1.97. The zero-order chi connectivity index (χ0) is 18.6. The van der Waals surface area contributed by atoms with Gasteiger partial charge in [-0.25, -0.2) is 9.18 Å². The van der Waals surface area contributed by atoms with Crippen LogP contribution >= 0.6 is 22.9 Å². The average Bonchev–Trinajstić information content (AvgIpc) is 2.89. The standard InChI is InChI=1S/C16H16ClFN2O4S/c1-3-19-15(22)8(2)20-12(21)7-24-16(23)14-13(17)10-5-4-9(18)6-11(10)25-14/h4-6,8H,3,7H2,1-2H3,(H,19,22)(H,20,21)/t8-/m0/s1. The van der Waals surface area contributed by atoms with Crippen molar-refractivity contribution in [2.75, 3.05) is 13.2 Å². The Morgan fingerprint density at radius 1 is 1.36 bits per heavy atom. The average molecular weight is 387 g/mol. The fourth-order valence-electron chi connectivity index (χ4n) is 2.04. The first kappa shape index (κ1) is 19.1. The van der Waals surface area contributed by atoms with E-state index in [2.05, 4.69) is 10.6 Å². The molecule has 0 fully saturated rings. The van der Waals surface area contributed by atoms with Crippen LogP contribution in [0, 0.1) is 5.82 Å². The number of carbonyl (C=O) groups is 3. The molecule has 0 aliphatic rings. The summed E-state index contributed by atoms with van der Waals surface area (Å²) in [4.78, 5) is 35.5. The van der Waals surface area contributed by atoms with Crippen LogP contribution in [0.3, 0.4) is 0 Å². The Morgan fingerprint density at radius 3 is 2.76 bits per heavy atom. The molecule has 0 aliphatic carbocycles. The first-order valence-corrected chi connectivity index (χ1v) is 8.64. The monoisotopic (exact) mass is 386 g/mol. The summed E-state index contributed by atoms with van der Waals surface area (Å²) in [5, 5.41) is 5.66.